The Bertz CT molecular complexity index is 1530. The van der Waals surface area contributed by atoms with Crippen molar-refractivity contribution < 1.29 is 35.7 Å². The lowest BCUT2D eigenvalue weighted by Crippen LogP contribution is -2.41. The van der Waals surface area contributed by atoms with Crippen molar-refractivity contribution in [3.05, 3.63) is 71.7 Å². The van der Waals surface area contributed by atoms with Crippen LogP contribution in [0.3, 0.4) is 0 Å². The zero-order valence-corrected chi connectivity index (χ0v) is 23.3. The van der Waals surface area contributed by atoms with Gasteiger partial charge in [0.25, 0.3) is 5.91 Å². The number of halogens is 3. The molecule has 2 aromatic heterocycles. The third kappa shape index (κ3) is 5.83. The molecule has 3 aromatic rings. The minimum Gasteiger partial charge on any atom is -0.399 e. The average molecular weight is 576 g/mol. The summed E-state index contributed by atoms with van der Waals surface area (Å²) in [7, 11) is -4.62. The van der Waals surface area contributed by atoms with E-state index in [0.29, 0.717) is 22.8 Å². The second-order valence-electron chi connectivity index (χ2n) is 10.5. The van der Waals surface area contributed by atoms with E-state index in [2.05, 4.69) is 9.97 Å². The fraction of sp³-hybridized carbons (Fsp3) is 0.346. The summed E-state index contributed by atoms with van der Waals surface area (Å²) in [5.74, 6) is -0.785. The molecule has 212 valence electrons. The van der Waals surface area contributed by atoms with Crippen LogP contribution >= 0.6 is 0 Å². The van der Waals surface area contributed by atoms with Gasteiger partial charge in [0.15, 0.2) is 14.9 Å². The number of anilines is 2. The first-order valence-electron chi connectivity index (χ1n) is 12.1. The predicted octanol–water partition coefficient (Wildman–Crippen LogP) is 3.63. The van der Waals surface area contributed by atoms with Gasteiger partial charge in [-0.3, -0.25) is 9.78 Å². The van der Waals surface area contributed by atoms with Crippen LogP contribution in [0.5, 0.6) is 0 Å². The lowest BCUT2D eigenvalue weighted by molar-refractivity contribution is -0.141. The fourth-order valence-electron chi connectivity index (χ4n) is 4.07. The van der Waals surface area contributed by atoms with Crippen LogP contribution in [0.2, 0.25) is 0 Å². The number of nitrogens with two attached hydrogens (primary N) is 1. The topological polar surface area (TPSA) is 125 Å². The van der Waals surface area contributed by atoms with Crippen molar-refractivity contribution >= 4 is 39.7 Å². The maximum Gasteiger partial charge on any atom is 0.496 e. The van der Waals surface area contributed by atoms with E-state index >= 15 is 0 Å². The molecule has 0 bridgehead atoms. The number of nitrogens with zero attached hydrogens (tertiary/aromatic N) is 3. The Labute approximate surface area is 230 Å². The number of pyridine rings is 2. The Hall–Kier alpha value is -3.49. The highest BCUT2D eigenvalue weighted by atomic mass is 32.2. The summed E-state index contributed by atoms with van der Waals surface area (Å²) >= 11 is 0. The van der Waals surface area contributed by atoms with Crippen LogP contribution in [0.1, 0.15) is 49.3 Å². The van der Waals surface area contributed by atoms with E-state index in [0.717, 1.165) is 23.4 Å². The maximum atomic E-state index is 13.6. The van der Waals surface area contributed by atoms with E-state index in [1.165, 1.54) is 18.3 Å². The highest BCUT2D eigenvalue weighted by Gasteiger charge is 2.52. The summed E-state index contributed by atoms with van der Waals surface area (Å²) in [6, 6.07) is 9.48. The fourth-order valence-corrected chi connectivity index (χ4v) is 4.88. The first-order chi connectivity index (χ1) is 18.4. The van der Waals surface area contributed by atoms with Crippen LogP contribution in [0, 0.1) is 0 Å². The number of alkyl halides is 3. The molecule has 1 saturated heterocycles. The lowest BCUT2D eigenvalue weighted by Gasteiger charge is -2.32. The Morgan fingerprint density at radius 3 is 2.23 bits per heavy atom. The van der Waals surface area contributed by atoms with E-state index < -0.39 is 45.9 Å². The van der Waals surface area contributed by atoms with E-state index in [1.54, 1.807) is 18.2 Å². The molecule has 4 rings (SSSR count). The third-order valence-electron chi connectivity index (χ3n) is 6.94. The molecule has 40 heavy (non-hydrogen) atoms. The van der Waals surface area contributed by atoms with Crippen molar-refractivity contribution in [3.63, 3.8) is 0 Å². The van der Waals surface area contributed by atoms with Crippen molar-refractivity contribution in [3.8, 4) is 0 Å². The Kier molecular flexibility index (Phi) is 7.50. The van der Waals surface area contributed by atoms with Crippen LogP contribution in [0.15, 0.2) is 59.9 Å². The van der Waals surface area contributed by atoms with Gasteiger partial charge in [-0.15, -0.1) is 0 Å². The third-order valence-corrected chi connectivity index (χ3v) is 7.96. The number of amides is 1. The van der Waals surface area contributed by atoms with Gasteiger partial charge in [0, 0.05) is 29.8 Å². The lowest BCUT2D eigenvalue weighted by atomic mass is 9.77. The second kappa shape index (κ2) is 10.2. The number of rotatable bonds is 6. The number of aromatic nitrogens is 2. The summed E-state index contributed by atoms with van der Waals surface area (Å²) in [6.45, 7) is 7.45. The van der Waals surface area contributed by atoms with Crippen LogP contribution in [0.25, 0.3) is 0 Å². The zero-order chi connectivity index (χ0) is 29.7. The molecular formula is C26H28BF3N4O5S. The van der Waals surface area contributed by atoms with E-state index in [-0.39, 0.29) is 22.8 Å². The zero-order valence-electron chi connectivity index (χ0n) is 22.5. The van der Waals surface area contributed by atoms with Gasteiger partial charge in [0.2, 0.25) is 0 Å². The summed E-state index contributed by atoms with van der Waals surface area (Å²) in [6.07, 6.45) is -1.69. The smallest absolute Gasteiger partial charge is 0.399 e. The second-order valence-corrected chi connectivity index (χ2v) is 12.4. The highest BCUT2D eigenvalue weighted by Crippen LogP contribution is 2.37. The molecule has 0 spiro atoms. The van der Waals surface area contributed by atoms with Crippen LogP contribution in [-0.4, -0.2) is 48.9 Å². The van der Waals surface area contributed by atoms with Gasteiger partial charge in [0.05, 0.1) is 29.0 Å². The quantitative estimate of drug-likeness (QED) is 0.349. The van der Waals surface area contributed by atoms with Crippen molar-refractivity contribution in [2.75, 3.05) is 16.9 Å². The molecule has 2 N–H and O–H groups in total. The molecule has 0 unspecified atom stereocenters. The number of nitrogen functional groups attached to an aromatic ring is 1. The summed E-state index contributed by atoms with van der Waals surface area (Å²) in [5, 5.41) is -0.370. The number of carbonyl (C=O) groups excluding carboxylic acids is 1. The van der Waals surface area contributed by atoms with E-state index in [1.807, 2.05) is 27.7 Å². The maximum absolute atomic E-state index is 13.6. The van der Waals surface area contributed by atoms with Crippen molar-refractivity contribution in [2.24, 2.45) is 0 Å². The van der Waals surface area contributed by atoms with Gasteiger partial charge in [0.1, 0.15) is 5.69 Å². The number of hydrogen-bond acceptors (Lipinski definition) is 8. The Morgan fingerprint density at radius 2 is 1.70 bits per heavy atom. The summed E-state index contributed by atoms with van der Waals surface area (Å²) < 4.78 is 76.2. The number of hydrogen-bond donors (Lipinski definition) is 1. The van der Waals surface area contributed by atoms with Gasteiger partial charge >= 0.3 is 13.3 Å². The molecule has 3 heterocycles. The average Bonchev–Trinajstić information content (AvgIpc) is 3.07. The van der Waals surface area contributed by atoms with Gasteiger partial charge in [-0.1, -0.05) is 12.1 Å². The van der Waals surface area contributed by atoms with Crippen molar-refractivity contribution in [1.82, 2.24) is 9.97 Å². The minimum atomic E-state index is -4.69. The standard InChI is InChI=1S/C26H28BF3N4O5S/c1-24(2)25(3,4)39-27(38-24)18-10-8-16(13-19(18)31)15-34(20-7-6-12-32-22(20)40(5,36)37)23(35)17-9-11-21(33-14-17)26(28,29)30/h6-14H,15,31H2,1-5H3. The first-order valence-corrected chi connectivity index (χ1v) is 14.0. The molecule has 1 amide bonds. The molecule has 9 nitrogen and oxygen atoms in total. The highest BCUT2D eigenvalue weighted by molar-refractivity contribution is 7.90. The van der Waals surface area contributed by atoms with Gasteiger partial charge < -0.3 is 19.9 Å². The largest absolute Gasteiger partial charge is 0.496 e. The molecule has 0 atom stereocenters. The molecule has 0 radical (unpaired) electrons. The van der Waals surface area contributed by atoms with Crippen LogP contribution in [-0.2, 0) is 31.9 Å². The van der Waals surface area contributed by atoms with E-state index in [9.17, 15) is 26.4 Å². The monoisotopic (exact) mass is 576 g/mol. The summed E-state index contributed by atoms with van der Waals surface area (Å²) in [5.41, 5.74) is 5.16. The first kappa shape index (κ1) is 29.5. The molecule has 0 saturated carbocycles. The summed E-state index contributed by atoms with van der Waals surface area (Å²) in [4.78, 5) is 22.0. The number of carbonyl (C=O) groups is 1. The van der Waals surface area contributed by atoms with Gasteiger partial charge in [-0.2, -0.15) is 13.2 Å². The van der Waals surface area contributed by atoms with Crippen LogP contribution in [0.4, 0.5) is 24.5 Å². The Morgan fingerprint density at radius 1 is 1.05 bits per heavy atom. The van der Waals surface area contributed by atoms with Gasteiger partial charge in [-0.05, 0) is 63.6 Å². The minimum absolute atomic E-state index is 0.0523. The SMILES string of the molecule is CC1(C)OB(c2ccc(CN(C(=O)c3ccc(C(F)(F)F)nc3)c3cccnc3S(C)(=O)=O)cc2N)OC1(C)C. The normalized spacial score (nSPS) is 16.6. The van der Waals surface area contributed by atoms with Crippen molar-refractivity contribution in [2.45, 2.75) is 56.6 Å². The Balaban J connectivity index is 1.73. The van der Waals surface area contributed by atoms with Crippen molar-refractivity contribution in [1.29, 1.82) is 0 Å². The molecule has 1 aliphatic heterocycles. The predicted molar refractivity (Wildman–Crippen MR) is 144 cm³/mol. The van der Waals surface area contributed by atoms with Crippen LogP contribution < -0.4 is 16.1 Å². The van der Waals surface area contributed by atoms with Gasteiger partial charge in [-0.25, -0.2) is 13.4 Å². The molecule has 1 fully saturated rings. The molecular weight excluding hydrogens is 548 g/mol. The van der Waals surface area contributed by atoms with E-state index in [4.69, 9.17) is 15.0 Å². The molecule has 1 aromatic carbocycles. The number of benzene rings is 1. The molecule has 0 aliphatic carbocycles. The molecule has 1 aliphatic rings. The molecule has 14 heteroatoms. The number of sulfone groups is 1.